The normalized spacial score (nSPS) is 11.9. The Morgan fingerprint density at radius 2 is 1.09 bits per heavy atom. The van der Waals surface area contributed by atoms with Gasteiger partial charge in [-0.15, -0.1) is 11.3 Å². The van der Waals surface area contributed by atoms with Gasteiger partial charge in [-0.3, -0.25) is 0 Å². The highest BCUT2D eigenvalue weighted by Gasteiger charge is 2.20. The number of hydrogen-bond acceptors (Lipinski definition) is 4. The van der Waals surface area contributed by atoms with Gasteiger partial charge in [-0.05, 0) is 65.7 Å². The van der Waals surface area contributed by atoms with Gasteiger partial charge in [0.1, 0.15) is 11.2 Å². The monoisotopic (exact) mass is 745 g/mol. The van der Waals surface area contributed by atoms with E-state index in [9.17, 15) is 0 Å². The van der Waals surface area contributed by atoms with E-state index in [4.69, 9.17) is 14.4 Å². The SMILES string of the molecule is c1ccc(-c2cccc(-c3cc(-c4cccc(-n5c6ccccc6c6c7sc8ccccc8c7ccc65)c4)nc(-c4cccc5oc6ccccc6c45)n3)c2)cc1. The van der Waals surface area contributed by atoms with Crippen LogP contribution in [0.15, 0.2) is 192 Å². The number of furan rings is 1. The molecular weight excluding hydrogens is 715 g/mol. The predicted octanol–water partition coefficient (Wildman–Crippen LogP) is 14.5. The average molecular weight is 746 g/mol. The molecule has 0 saturated carbocycles. The molecule has 0 saturated heterocycles. The van der Waals surface area contributed by atoms with Crippen LogP contribution >= 0.6 is 11.3 Å². The average Bonchev–Trinajstić information content (AvgIpc) is 3.96. The molecule has 0 N–H and O–H groups in total. The van der Waals surface area contributed by atoms with Gasteiger partial charge in [0, 0.05) is 64.1 Å². The van der Waals surface area contributed by atoms with Crippen LogP contribution in [-0.2, 0) is 0 Å². The lowest BCUT2D eigenvalue weighted by atomic mass is 10.00. The Labute approximate surface area is 331 Å². The molecule has 4 aromatic heterocycles. The summed E-state index contributed by atoms with van der Waals surface area (Å²) < 4.78 is 11.4. The van der Waals surface area contributed by atoms with E-state index in [1.807, 2.05) is 35.6 Å². The summed E-state index contributed by atoms with van der Waals surface area (Å²) in [4.78, 5) is 10.7. The van der Waals surface area contributed by atoms with E-state index in [0.717, 1.165) is 66.8 Å². The summed E-state index contributed by atoms with van der Waals surface area (Å²) in [6, 6.07) is 66.5. The van der Waals surface area contributed by atoms with Crippen molar-refractivity contribution in [2.75, 3.05) is 0 Å². The number of thiophene rings is 1. The molecule has 0 amide bonds. The van der Waals surface area contributed by atoms with E-state index in [-0.39, 0.29) is 0 Å². The van der Waals surface area contributed by atoms with Gasteiger partial charge in [0.15, 0.2) is 5.82 Å². The molecule has 0 bridgehead atoms. The lowest BCUT2D eigenvalue weighted by molar-refractivity contribution is 0.669. The fraction of sp³-hybridized carbons (Fsp3) is 0. The molecule has 0 spiro atoms. The molecule has 0 aliphatic heterocycles. The first-order valence-electron chi connectivity index (χ1n) is 19.1. The molecule has 12 aromatic rings. The van der Waals surface area contributed by atoms with Crippen LogP contribution in [0.2, 0.25) is 0 Å². The van der Waals surface area contributed by atoms with Gasteiger partial charge in [0.05, 0.1) is 22.4 Å². The van der Waals surface area contributed by atoms with Crippen LogP contribution in [0.1, 0.15) is 0 Å². The molecule has 0 aliphatic carbocycles. The first kappa shape index (κ1) is 32.0. The number of aromatic nitrogens is 3. The second-order valence-electron chi connectivity index (χ2n) is 14.5. The predicted molar refractivity (Wildman–Crippen MR) is 238 cm³/mol. The third-order valence-electron chi connectivity index (χ3n) is 11.2. The zero-order valence-electron chi connectivity index (χ0n) is 30.6. The summed E-state index contributed by atoms with van der Waals surface area (Å²) in [7, 11) is 0. The van der Waals surface area contributed by atoms with Crippen LogP contribution < -0.4 is 0 Å². The van der Waals surface area contributed by atoms with E-state index >= 15 is 0 Å². The zero-order chi connectivity index (χ0) is 37.5. The van der Waals surface area contributed by atoms with E-state index in [1.54, 1.807) is 0 Å². The summed E-state index contributed by atoms with van der Waals surface area (Å²) >= 11 is 1.88. The van der Waals surface area contributed by atoms with Crippen molar-refractivity contribution < 1.29 is 4.42 Å². The van der Waals surface area contributed by atoms with Crippen molar-refractivity contribution in [2.24, 2.45) is 0 Å². The Hall–Kier alpha value is -7.34. The maximum absolute atomic E-state index is 6.32. The molecule has 0 fully saturated rings. The van der Waals surface area contributed by atoms with Crippen LogP contribution in [0.5, 0.6) is 0 Å². The molecule has 0 unspecified atom stereocenters. The summed E-state index contributed by atoms with van der Waals surface area (Å²) in [5, 5.41) is 7.21. The maximum atomic E-state index is 6.32. The van der Waals surface area contributed by atoms with Gasteiger partial charge in [-0.2, -0.15) is 0 Å². The van der Waals surface area contributed by atoms with Crippen LogP contribution in [0.25, 0.3) is 115 Å². The Bertz CT molecular complexity index is 3540. The largest absolute Gasteiger partial charge is 0.456 e. The van der Waals surface area contributed by atoms with Gasteiger partial charge in [0.25, 0.3) is 0 Å². The Kier molecular flexibility index (Phi) is 7.06. The second-order valence-corrected chi connectivity index (χ2v) is 15.6. The maximum Gasteiger partial charge on any atom is 0.161 e. The van der Waals surface area contributed by atoms with E-state index in [1.165, 1.54) is 42.0 Å². The summed E-state index contributed by atoms with van der Waals surface area (Å²) in [6.07, 6.45) is 0. The van der Waals surface area contributed by atoms with Gasteiger partial charge in [0.2, 0.25) is 0 Å². The molecule has 0 radical (unpaired) electrons. The lowest BCUT2D eigenvalue weighted by Crippen LogP contribution is -1.98. The molecule has 5 heteroatoms. The minimum absolute atomic E-state index is 0.652. The third-order valence-corrected chi connectivity index (χ3v) is 12.4. The lowest BCUT2D eigenvalue weighted by Gasteiger charge is -2.13. The number of rotatable bonds is 5. The standard InChI is InChI=1S/C52H31N3OS/c1-2-13-32(14-3-1)33-15-10-16-34(29-33)42-31-43(54-52(53-42)41-22-12-25-47-49(41)40-21-5-8-24-46(40)56-47)35-17-11-18-36(30-35)55-44-23-7-4-20-39(44)50-45(55)28-27-38-37-19-6-9-26-48(37)57-51(38)50/h1-31H. The summed E-state index contributed by atoms with van der Waals surface area (Å²) in [6.45, 7) is 0. The van der Waals surface area contributed by atoms with Crippen molar-refractivity contribution in [3.05, 3.63) is 188 Å². The highest BCUT2D eigenvalue weighted by atomic mass is 32.1. The number of fused-ring (bicyclic) bond motifs is 10. The molecule has 12 rings (SSSR count). The summed E-state index contributed by atoms with van der Waals surface area (Å²) in [5.74, 6) is 0.652. The van der Waals surface area contributed by atoms with Crippen molar-refractivity contribution in [2.45, 2.75) is 0 Å². The second kappa shape index (κ2) is 12.6. The Balaban J connectivity index is 1.08. The molecule has 266 valence electrons. The minimum atomic E-state index is 0.652. The van der Waals surface area contributed by atoms with E-state index in [2.05, 4.69) is 168 Å². The highest BCUT2D eigenvalue weighted by Crippen LogP contribution is 2.44. The molecule has 4 nitrogen and oxygen atoms in total. The van der Waals surface area contributed by atoms with Crippen LogP contribution in [0, 0.1) is 0 Å². The number of benzene rings is 8. The van der Waals surface area contributed by atoms with E-state index in [0.29, 0.717) is 5.82 Å². The first-order chi connectivity index (χ1) is 28.2. The number of nitrogens with zero attached hydrogens (tertiary/aromatic N) is 3. The summed E-state index contributed by atoms with van der Waals surface area (Å²) in [5.41, 5.74) is 12.1. The molecule has 57 heavy (non-hydrogen) atoms. The van der Waals surface area contributed by atoms with Crippen molar-refractivity contribution in [1.29, 1.82) is 0 Å². The van der Waals surface area contributed by atoms with Crippen molar-refractivity contribution in [3.63, 3.8) is 0 Å². The molecule has 4 heterocycles. The van der Waals surface area contributed by atoms with Gasteiger partial charge < -0.3 is 8.98 Å². The fourth-order valence-electron chi connectivity index (χ4n) is 8.63. The Morgan fingerprint density at radius 1 is 0.421 bits per heavy atom. The van der Waals surface area contributed by atoms with Gasteiger partial charge in [-0.1, -0.05) is 133 Å². The van der Waals surface area contributed by atoms with E-state index < -0.39 is 0 Å². The molecule has 0 aliphatic rings. The minimum Gasteiger partial charge on any atom is -0.456 e. The number of para-hydroxylation sites is 2. The Morgan fingerprint density at radius 3 is 1.96 bits per heavy atom. The number of hydrogen-bond donors (Lipinski definition) is 0. The van der Waals surface area contributed by atoms with Gasteiger partial charge in [-0.25, -0.2) is 9.97 Å². The molecular formula is C52H31N3OS. The zero-order valence-corrected chi connectivity index (χ0v) is 31.4. The van der Waals surface area contributed by atoms with Crippen LogP contribution in [-0.4, -0.2) is 14.5 Å². The van der Waals surface area contributed by atoms with Crippen molar-refractivity contribution in [1.82, 2.24) is 14.5 Å². The molecule has 0 atom stereocenters. The highest BCUT2D eigenvalue weighted by molar-refractivity contribution is 7.26. The van der Waals surface area contributed by atoms with Crippen LogP contribution in [0.3, 0.4) is 0 Å². The van der Waals surface area contributed by atoms with Crippen molar-refractivity contribution in [3.8, 4) is 50.7 Å². The quantitative estimate of drug-likeness (QED) is 0.176. The van der Waals surface area contributed by atoms with Crippen LogP contribution in [0.4, 0.5) is 0 Å². The smallest absolute Gasteiger partial charge is 0.161 e. The first-order valence-corrected chi connectivity index (χ1v) is 20.0. The third kappa shape index (κ3) is 5.06. The van der Waals surface area contributed by atoms with Crippen molar-refractivity contribution >= 4 is 75.3 Å². The molecule has 8 aromatic carbocycles. The van der Waals surface area contributed by atoms with Gasteiger partial charge >= 0.3 is 0 Å². The fourth-order valence-corrected chi connectivity index (χ4v) is 9.89. The topological polar surface area (TPSA) is 43.9 Å².